The van der Waals surface area contributed by atoms with Gasteiger partial charge in [-0.15, -0.1) is 10.2 Å². The van der Waals surface area contributed by atoms with E-state index in [1.54, 1.807) is 0 Å². The second-order valence-electron chi connectivity index (χ2n) is 6.82. The Morgan fingerprint density at radius 3 is 2.48 bits per heavy atom. The third-order valence-corrected chi connectivity index (χ3v) is 6.01. The van der Waals surface area contributed by atoms with Crippen LogP contribution in [0.4, 0.5) is 5.82 Å². The summed E-state index contributed by atoms with van der Waals surface area (Å²) in [4.78, 5) is 20.2. The Balaban J connectivity index is 1.34. The van der Waals surface area contributed by atoms with E-state index in [1.165, 1.54) is 11.8 Å². The van der Waals surface area contributed by atoms with Gasteiger partial charge in [-0.05, 0) is 13.0 Å². The normalized spacial score (nSPS) is 14.2. The number of nitrogens with one attached hydrogen (secondary N) is 1. The fraction of sp³-hybridized carbons (Fsp3) is 0.333. The lowest BCUT2D eigenvalue weighted by atomic mass is 10.2. The summed E-state index contributed by atoms with van der Waals surface area (Å²) in [6, 6.07) is 16.1. The minimum atomic E-state index is 0.151. The molecule has 1 aliphatic rings. The monoisotopic (exact) mass is 409 g/mol. The van der Waals surface area contributed by atoms with E-state index >= 15 is 0 Å². The smallest absolute Gasteiger partial charge is 0.274 e. The molecule has 0 atom stereocenters. The summed E-state index contributed by atoms with van der Waals surface area (Å²) in [6.07, 6.45) is 1.93. The molecule has 8 heteroatoms. The Morgan fingerprint density at radius 2 is 1.79 bits per heavy atom. The lowest BCUT2D eigenvalue weighted by Crippen LogP contribution is -2.50. The molecule has 150 valence electrons. The SMILES string of the molecule is CCn1c(SCC(=O)N2CCN(c3cccc[nH+]3)CC2)nnc1-c1ccccc1. The number of aromatic amines is 1. The van der Waals surface area contributed by atoms with E-state index in [-0.39, 0.29) is 5.91 Å². The summed E-state index contributed by atoms with van der Waals surface area (Å²) < 4.78 is 2.07. The highest BCUT2D eigenvalue weighted by atomic mass is 32.2. The average Bonchev–Trinajstić information content (AvgIpc) is 3.21. The molecule has 4 rings (SSSR count). The second kappa shape index (κ2) is 9.09. The van der Waals surface area contributed by atoms with Crippen molar-refractivity contribution < 1.29 is 9.78 Å². The quantitative estimate of drug-likeness (QED) is 0.584. The molecular weight excluding hydrogens is 384 g/mol. The number of H-pyrrole nitrogens is 1. The summed E-state index contributed by atoms with van der Waals surface area (Å²) in [5, 5.41) is 9.46. The number of carbonyl (C=O) groups excluding carboxylic acids is 1. The minimum absolute atomic E-state index is 0.151. The fourth-order valence-corrected chi connectivity index (χ4v) is 4.38. The number of benzene rings is 1. The molecule has 1 amide bonds. The molecule has 3 heterocycles. The van der Waals surface area contributed by atoms with Crippen molar-refractivity contribution in [2.75, 3.05) is 36.8 Å². The van der Waals surface area contributed by atoms with Crippen molar-refractivity contribution in [1.29, 1.82) is 0 Å². The molecule has 0 bridgehead atoms. The van der Waals surface area contributed by atoms with Gasteiger partial charge in [0, 0.05) is 18.2 Å². The van der Waals surface area contributed by atoms with Gasteiger partial charge in [-0.3, -0.25) is 9.69 Å². The van der Waals surface area contributed by atoms with Crippen LogP contribution in [0, 0.1) is 0 Å². The van der Waals surface area contributed by atoms with Gasteiger partial charge >= 0.3 is 0 Å². The van der Waals surface area contributed by atoms with Crippen LogP contribution in [0.1, 0.15) is 6.92 Å². The Labute approximate surface area is 174 Å². The van der Waals surface area contributed by atoms with Crippen molar-refractivity contribution in [3.63, 3.8) is 0 Å². The molecule has 3 aromatic rings. The highest BCUT2D eigenvalue weighted by molar-refractivity contribution is 7.99. The molecule has 1 N–H and O–H groups in total. The second-order valence-corrected chi connectivity index (χ2v) is 7.76. The maximum Gasteiger partial charge on any atom is 0.274 e. The molecule has 1 saturated heterocycles. The minimum Gasteiger partial charge on any atom is -0.334 e. The number of hydrogen-bond donors (Lipinski definition) is 0. The zero-order valence-electron chi connectivity index (χ0n) is 16.5. The van der Waals surface area contributed by atoms with Crippen LogP contribution in [0.25, 0.3) is 11.4 Å². The third kappa shape index (κ3) is 4.42. The molecule has 7 nitrogen and oxygen atoms in total. The maximum atomic E-state index is 12.7. The number of pyridine rings is 1. The number of hydrogen-bond acceptors (Lipinski definition) is 5. The maximum absolute atomic E-state index is 12.7. The van der Waals surface area contributed by atoms with Gasteiger partial charge in [-0.2, -0.15) is 0 Å². The number of carbonyl (C=O) groups is 1. The van der Waals surface area contributed by atoms with Gasteiger partial charge in [0.15, 0.2) is 11.0 Å². The first-order chi connectivity index (χ1) is 14.3. The summed E-state index contributed by atoms with van der Waals surface area (Å²) in [6.45, 7) is 5.97. The van der Waals surface area contributed by atoms with Crippen molar-refractivity contribution >= 4 is 23.5 Å². The average molecular weight is 410 g/mol. The van der Waals surface area contributed by atoms with Gasteiger partial charge in [-0.1, -0.05) is 48.2 Å². The van der Waals surface area contributed by atoms with Crippen molar-refractivity contribution in [3.05, 3.63) is 54.7 Å². The standard InChI is InChI=1S/C21H24N6OS/c1-2-27-20(17-8-4-3-5-9-17)23-24-21(27)29-16-19(28)26-14-12-25(13-15-26)18-10-6-7-11-22-18/h3-11H,2,12-16H2,1H3/p+1. The lowest BCUT2D eigenvalue weighted by molar-refractivity contribution is -0.364. The Morgan fingerprint density at radius 1 is 1.03 bits per heavy atom. The zero-order chi connectivity index (χ0) is 20.1. The van der Waals surface area contributed by atoms with Gasteiger partial charge < -0.3 is 9.47 Å². The fourth-order valence-electron chi connectivity index (χ4n) is 3.48. The Kier molecular flexibility index (Phi) is 6.09. The Hall–Kier alpha value is -2.87. The van der Waals surface area contributed by atoms with Gasteiger partial charge in [0.25, 0.3) is 5.82 Å². The van der Waals surface area contributed by atoms with Gasteiger partial charge in [-0.25, -0.2) is 4.98 Å². The number of nitrogens with zero attached hydrogens (tertiary/aromatic N) is 5. The molecule has 1 aromatic carbocycles. The van der Waals surface area contributed by atoms with E-state index in [0.717, 1.165) is 55.1 Å². The number of piperazine rings is 1. The van der Waals surface area contributed by atoms with Crippen LogP contribution < -0.4 is 9.88 Å². The van der Waals surface area contributed by atoms with Crippen LogP contribution in [0.2, 0.25) is 0 Å². The largest absolute Gasteiger partial charge is 0.334 e. The summed E-state index contributed by atoms with van der Waals surface area (Å²) >= 11 is 1.46. The topological polar surface area (TPSA) is 68.4 Å². The molecule has 0 aliphatic carbocycles. The highest BCUT2D eigenvalue weighted by Crippen LogP contribution is 2.24. The van der Waals surface area contributed by atoms with Crippen LogP contribution >= 0.6 is 11.8 Å². The van der Waals surface area contributed by atoms with Crippen LogP contribution in [-0.2, 0) is 11.3 Å². The molecule has 0 radical (unpaired) electrons. The Bertz CT molecular complexity index is 938. The molecule has 0 saturated carbocycles. The zero-order valence-corrected chi connectivity index (χ0v) is 17.3. The first kappa shape index (κ1) is 19.4. The molecule has 1 aliphatic heterocycles. The number of thioether (sulfide) groups is 1. The predicted octanol–water partition coefficient (Wildman–Crippen LogP) is 2.22. The van der Waals surface area contributed by atoms with Gasteiger partial charge in [0.05, 0.1) is 25.0 Å². The van der Waals surface area contributed by atoms with E-state index in [9.17, 15) is 4.79 Å². The van der Waals surface area contributed by atoms with Crippen molar-refractivity contribution in [1.82, 2.24) is 19.7 Å². The van der Waals surface area contributed by atoms with Gasteiger partial charge in [0.2, 0.25) is 5.91 Å². The summed E-state index contributed by atoms with van der Waals surface area (Å²) in [5.74, 6) is 2.47. The molecule has 0 unspecified atom stereocenters. The molecular formula is C21H25N6OS+. The highest BCUT2D eigenvalue weighted by Gasteiger charge is 2.26. The van der Waals surface area contributed by atoms with Crippen molar-refractivity contribution in [2.24, 2.45) is 0 Å². The van der Waals surface area contributed by atoms with Crippen molar-refractivity contribution in [2.45, 2.75) is 18.6 Å². The van der Waals surface area contributed by atoms with E-state index in [0.29, 0.717) is 5.75 Å². The van der Waals surface area contributed by atoms with Crippen molar-refractivity contribution in [3.8, 4) is 11.4 Å². The summed E-state index contributed by atoms with van der Waals surface area (Å²) in [7, 11) is 0. The van der Waals surface area contributed by atoms with E-state index in [1.807, 2.05) is 53.6 Å². The first-order valence-electron chi connectivity index (χ1n) is 9.87. The number of amides is 1. The van der Waals surface area contributed by atoms with E-state index < -0.39 is 0 Å². The molecule has 0 spiro atoms. The third-order valence-electron chi connectivity index (χ3n) is 5.06. The predicted molar refractivity (Wildman–Crippen MR) is 114 cm³/mol. The van der Waals surface area contributed by atoms with Crippen LogP contribution in [0.15, 0.2) is 59.9 Å². The molecule has 29 heavy (non-hydrogen) atoms. The first-order valence-corrected chi connectivity index (χ1v) is 10.9. The lowest BCUT2D eigenvalue weighted by Gasteiger charge is -2.30. The number of aromatic nitrogens is 4. The number of rotatable bonds is 6. The molecule has 1 fully saturated rings. The number of anilines is 1. The van der Waals surface area contributed by atoms with Crippen LogP contribution in [0.3, 0.4) is 0 Å². The summed E-state index contributed by atoms with van der Waals surface area (Å²) in [5.41, 5.74) is 1.04. The van der Waals surface area contributed by atoms with Crippen LogP contribution in [0.5, 0.6) is 0 Å². The van der Waals surface area contributed by atoms with E-state index in [2.05, 4.69) is 37.6 Å². The van der Waals surface area contributed by atoms with Crippen LogP contribution in [-0.4, -0.2) is 57.5 Å². The van der Waals surface area contributed by atoms with Gasteiger partial charge in [0.1, 0.15) is 13.1 Å². The van der Waals surface area contributed by atoms with E-state index in [4.69, 9.17) is 0 Å². The molecule has 2 aromatic heterocycles.